The Morgan fingerprint density at radius 2 is 1.90 bits per heavy atom. The fourth-order valence-electron chi connectivity index (χ4n) is 3.44. The second-order valence-corrected chi connectivity index (χ2v) is 11.3. The molecule has 0 radical (unpaired) electrons. The number of unbranched alkanes of at least 4 members (excludes halogenated alkanes) is 1. The van der Waals surface area contributed by atoms with Crippen LogP contribution in [0.15, 0.2) is 59.1 Å². The molecule has 0 fully saturated rings. The summed E-state index contributed by atoms with van der Waals surface area (Å²) in [6.45, 7) is 1.76. The number of carboxylic acids is 1. The summed E-state index contributed by atoms with van der Waals surface area (Å²) in [5.74, 6) is 2.97. The normalized spacial score (nSPS) is 12.0. The number of hydrogen-bond acceptors (Lipinski definition) is 6. The van der Waals surface area contributed by atoms with Crippen molar-refractivity contribution in [2.45, 2.75) is 26.2 Å². The van der Waals surface area contributed by atoms with E-state index in [1.54, 1.807) is 37.3 Å². The second-order valence-electron chi connectivity index (χ2n) is 8.84. The maximum atomic E-state index is 14.1. The zero-order valence-electron chi connectivity index (χ0n) is 21.4. The molecule has 11 heteroatoms. The van der Waals surface area contributed by atoms with E-state index in [1.165, 1.54) is 30.7 Å². The number of pyridine rings is 1. The Balaban J connectivity index is 1.76. The number of nitrogens with one attached hydrogen (secondary N) is 1. The number of nitrogens with two attached hydrogens (primary N) is 1. The molecule has 0 aliphatic heterocycles. The number of halogens is 1. The first kappa shape index (κ1) is 29.0. The highest BCUT2D eigenvalue weighted by molar-refractivity contribution is 7.93. The smallest absolute Gasteiger partial charge is 0.303 e. The number of carboxylic acid groups (broad SMARTS) is 1. The van der Waals surface area contributed by atoms with Crippen molar-refractivity contribution in [3.63, 3.8) is 0 Å². The van der Waals surface area contributed by atoms with Gasteiger partial charge in [-0.1, -0.05) is 29.5 Å². The standard InChI is InChI=1S/C28H27FN4O5S/c1-18-9-12-24(29)23(14-18)28(37)32-22-7-5-6-19(15-22)10-11-20-16-21(17-31-26(20)30)27(36)33-39(2,38)13-4-3-8-25(34)35/h5-7,9,12,14-17H,3-4,8,13H2,1-2H3,(H2,30,31)(H,32,37)(H,34,35). The maximum Gasteiger partial charge on any atom is 0.303 e. The van der Waals surface area contributed by atoms with Gasteiger partial charge in [0.2, 0.25) is 0 Å². The molecule has 2 aromatic carbocycles. The lowest BCUT2D eigenvalue weighted by molar-refractivity contribution is -0.137. The Kier molecular flexibility index (Phi) is 9.52. The molecule has 9 nitrogen and oxygen atoms in total. The fraction of sp³-hybridized carbons (Fsp3) is 0.214. The first-order chi connectivity index (χ1) is 18.4. The molecule has 3 rings (SSSR count). The average Bonchev–Trinajstić information content (AvgIpc) is 2.87. The van der Waals surface area contributed by atoms with Crippen molar-refractivity contribution in [3.05, 3.63) is 88.4 Å². The van der Waals surface area contributed by atoms with Crippen LogP contribution in [0.4, 0.5) is 15.9 Å². The van der Waals surface area contributed by atoms with E-state index < -0.39 is 33.3 Å². The number of rotatable bonds is 8. The van der Waals surface area contributed by atoms with Crippen molar-refractivity contribution in [1.29, 1.82) is 0 Å². The molecule has 2 amide bonds. The zero-order chi connectivity index (χ0) is 28.6. The molecule has 0 bridgehead atoms. The highest BCUT2D eigenvalue weighted by atomic mass is 32.2. The van der Waals surface area contributed by atoms with Crippen LogP contribution < -0.4 is 11.1 Å². The van der Waals surface area contributed by atoms with Crippen LogP contribution in [-0.4, -0.2) is 44.1 Å². The van der Waals surface area contributed by atoms with E-state index in [0.717, 1.165) is 5.56 Å². The lowest BCUT2D eigenvalue weighted by Crippen LogP contribution is -2.14. The molecule has 0 aliphatic rings. The van der Waals surface area contributed by atoms with Gasteiger partial charge in [0, 0.05) is 35.9 Å². The third-order valence-electron chi connectivity index (χ3n) is 5.43. The number of hydrogen-bond donors (Lipinski definition) is 3. The number of nitrogen functional groups attached to an aromatic ring is 1. The number of aryl methyl sites for hydroxylation is 1. The molecule has 0 aliphatic carbocycles. The molecule has 0 saturated heterocycles. The minimum absolute atomic E-state index is 0.0477. The molecule has 39 heavy (non-hydrogen) atoms. The fourth-order valence-corrected chi connectivity index (χ4v) is 4.73. The molecule has 1 heterocycles. The van der Waals surface area contributed by atoms with E-state index in [9.17, 15) is 23.0 Å². The molecular weight excluding hydrogens is 523 g/mol. The van der Waals surface area contributed by atoms with Gasteiger partial charge < -0.3 is 16.2 Å². The van der Waals surface area contributed by atoms with Crippen molar-refractivity contribution in [2.75, 3.05) is 23.1 Å². The van der Waals surface area contributed by atoms with Crippen LogP contribution >= 0.6 is 0 Å². The summed E-state index contributed by atoms with van der Waals surface area (Å²) < 4.78 is 30.5. The minimum Gasteiger partial charge on any atom is -0.481 e. The summed E-state index contributed by atoms with van der Waals surface area (Å²) in [6, 6.07) is 12.3. The number of nitrogens with zero attached hydrogens (tertiary/aromatic N) is 2. The summed E-state index contributed by atoms with van der Waals surface area (Å²) in [4.78, 5) is 39.7. The van der Waals surface area contributed by atoms with Gasteiger partial charge in [0.1, 0.15) is 11.6 Å². The molecule has 1 atom stereocenters. The highest BCUT2D eigenvalue weighted by Gasteiger charge is 2.13. The first-order valence-corrected chi connectivity index (χ1v) is 13.9. The van der Waals surface area contributed by atoms with E-state index in [2.05, 4.69) is 26.5 Å². The third kappa shape index (κ3) is 8.76. The maximum absolute atomic E-state index is 14.1. The lowest BCUT2D eigenvalue weighted by Gasteiger charge is -2.07. The first-order valence-electron chi connectivity index (χ1n) is 11.8. The Labute approximate surface area is 225 Å². The molecule has 3 aromatic rings. The Morgan fingerprint density at radius 3 is 2.64 bits per heavy atom. The second kappa shape index (κ2) is 12.8. The van der Waals surface area contributed by atoms with Gasteiger partial charge >= 0.3 is 5.97 Å². The summed E-state index contributed by atoms with van der Waals surface area (Å²) in [5, 5.41) is 11.4. The van der Waals surface area contributed by atoms with Crippen molar-refractivity contribution in [2.24, 2.45) is 4.36 Å². The van der Waals surface area contributed by atoms with Gasteiger partial charge in [0.25, 0.3) is 11.8 Å². The van der Waals surface area contributed by atoms with Gasteiger partial charge in [-0.25, -0.2) is 13.6 Å². The number of aromatic nitrogens is 1. The molecule has 202 valence electrons. The predicted molar refractivity (Wildman–Crippen MR) is 147 cm³/mol. The van der Waals surface area contributed by atoms with Crippen LogP contribution in [0.3, 0.4) is 0 Å². The number of amides is 2. The highest BCUT2D eigenvalue weighted by Crippen LogP contribution is 2.16. The van der Waals surface area contributed by atoms with Crippen LogP contribution in [0.2, 0.25) is 0 Å². The monoisotopic (exact) mass is 550 g/mol. The Hall–Kier alpha value is -4.56. The summed E-state index contributed by atoms with van der Waals surface area (Å²) in [6.07, 6.45) is 3.20. The number of carbonyl (C=O) groups excluding carboxylic acids is 2. The van der Waals surface area contributed by atoms with Gasteiger partial charge in [0.05, 0.1) is 26.4 Å². The summed E-state index contributed by atoms with van der Waals surface area (Å²) in [5.41, 5.74) is 7.81. The van der Waals surface area contributed by atoms with E-state index in [0.29, 0.717) is 24.1 Å². The van der Waals surface area contributed by atoms with Crippen molar-refractivity contribution < 1.29 is 28.1 Å². The largest absolute Gasteiger partial charge is 0.481 e. The minimum atomic E-state index is -2.87. The summed E-state index contributed by atoms with van der Waals surface area (Å²) >= 11 is 0. The van der Waals surface area contributed by atoms with E-state index in [1.807, 2.05) is 0 Å². The quantitative estimate of drug-likeness (QED) is 0.280. The number of benzene rings is 2. The summed E-state index contributed by atoms with van der Waals surface area (Å²) in [7, 11) is -2.87. The van der Waals surface area contributed by atoms with Crippen LogP contribution in [0.1, 0.15) is 56.7 Å². The van der Waals surface area contributed by atoms with Gasteiger partial charge in [-0.05, 0) is 56.2 Å². The van der Waals surface area contributed by atoms with Gasteiger partial charge in [-0.15, -0.1) is 0 Å². The van der Waals surface area contributed by atoms with Gasteiger partial charge in [-0.2, -0.15) is 4.36 Å². The molecule has 1 unspecified atom stereocenters. The topological polar surface area (TPSA) is 152 Å². The van der Waals surface area contributed by atoms with Crippen molar-refractivity contribution in [1.82, 2.24) is 4.98 Å². The van der Waals surface area contributed by atoms with E-state index >= 15 is 0 Å². The van der Waals surface area contributed by atoms with Crippen LogP contribution in [0.5, 0.6) is 0 Å². The van der Waals surface area contributed by atoms with E-state index in [-0.39, 0.29) is 34.7 Å². The van der Waals surface area contributed by atoms with E-state index in [4.69, 9.17) is 10.8 Å². The van der Waals surface area contributed by atoms with Crippen molar-refractivity contribution in [3.8, 4) is 11.8 Å². The van der Waals surface area contributed by atoms with Gasteiger partial charge in [-0.3, -0.25) is 14.4 Å². The third-order valence-corrected chi connectivity index (χ3v) is 7.03. The average molecular weight is 551 g/mol. The SMILES string of the molecule is Cc1ccc(F)c(C(=O)Nc2cccc(C#Cc3cc(C(=O)N=S(C)(=O)CCCCC(=O)O)cnc3N)c2)c1. The molecule has 0 spiro atoms. The number of anilines is 2. The molecule has 1 aromatic heterocycles. The zero-order valence-corrected chi connectivity index (χ0v) is 22.2. The van der Waals surface area contributed by atoms with Crippen LogP contribution in [0, 0.1) is 24.6 Å². The molecule has 0 saturated carbocycles. The number of carbonyl (C=O) groups is 3. The van der Waals surface area contributed by atoms with Crippen LogP contribution in [-0.2, 0) is 14.5 Å². The Morgan fingerprint density at radius 1 is 1.13 bits per heavy atom. The van der Waals surface area contributed by atoms with Crippen molar-refractivity contribution >= 4 is 39.0 Å². The molecule has 4 N–H and O–H groups in total. The molecular formula is C28H27FN4O5S. The Bertz CT molecular complexity index is 1620. The number of aliphatic carboxylic acids is 1. The lowest BCUT2D eigenvalue weighted by atomic mass is 10.1. The predicted octanol–water partition coefficient (Wildman–Crippen LogP) is 4.26. The van der Waals surface area contributed by atoms with Gasteiger partial charge in [0.15, 0.2) is 0 Å². The van der Waals surface area contributed by atoms with Crippen LogP contribution in [0.25, 0.3) is 0 Å².